The Morgan fingerprint density at radius 2 is 1.59 bits per heavy atom. The van der Waals surface area contributed by atoms with E-state index in [2.05, 4.69) is 0 Å². The van der Waals surface area contributed by atoms with Crippen molar-refractivity contribution in [2.45, 2.75) is 64.4 Å². The average molecular weight is 520 g/mol. The third-order valence-corrected chi connectivity index (χ3v) is 7.74. The molecule has 5 rings (SSSR count). The van der Waals surface area contributed by atoms with E-state index in [0.29, 0.717) is 54.2 Å². The number of carboxylic acid groups (broad SMARTS) is 1. The van der Waals surface area contributed by atoms with Gasteiger partial charge in [0.05, 0.1) is 11.4 Å². The predicted octanol–water partition coefficient (Wildman–Crippen LogP) is 6.12. The molecule has 0 fully saturated rings. The maximum Gasteiger partial charge on any atom is 0.305 e. The van der Waals surface area contributed by atoms with Crippen LogP contribution in [0.4, 0.5) is 0 Å². The van der Waals surface area contributed by atoms with E-state index in [-0.39, 0.29) is 24.5 Å². The van der Waals surface area contributed by atoms with Crippen LogP contribution in [0.5, 0.6) is 5.75 Å². The number of aliphatic carboxylic acids is 1. The smallest absolute Gasteiger partial charge is 0.305 e. The monoisotopic (exact) mass is 519 g/mol. The highest BCUT2D eigenvalue weighted by molar-refractivity contribution is 6.32. The van der Waals surface area contributed by atoms with E-state index in [1.807, 2.05) is 54.3 Å². The Bertz CT molecular complexity index is 1280. The number of carboxylic acids is 1. The van der Waals surface area contributed by atoms with E-state index >= 15 is 0 Å². The van der Waals surface area contributed by atoms with Crippen molar-refractivity contribution in [1.82, 2.24) is 4.90 Å². The van der Waals surface area contributed by atoms with Crippen LogP contribution >= 0.6 is 11.6 Å². The average Bonchev–Trinajstić information content (AvgIpc) is 2.87. The molecule has 2 aromatic rings. The zero-order valence-electron chi connectivity index (χ0n) is 20.9. The summed E-state index contributed by atoms with van der Waals surface area (Å²) < 4.78 is 5.98. The zero-order chi connectivity index (χ0) is 26.1. The van der Waals surface area contributed by atoms with Crippen LogP contribution in [0, 0.1) is 6.92 Å². The van der Waals surface area contributed by atoms with Crippen molar-refractivity contribution in [3.63, 3.8) is 0 Å². The Balaban J connectivity index is 1.52. The van der Waals surface area contributed by atoms with Crippen molar-refractivity contribution in [3.8, 4) is 5.75 Å². The third-order valence-electron chi connectivity index (χ3n) is 7.44. The number of rotatable bonds is 7. The molecule has 0 radical (unpaired) electrons. The van der Waals surface area contributed by atoms with Crippen LogP contribution in [-0.4, -0.2) is 34.1 Å². The molecule has 0 spiro atoms. The van der Waals surface area contributed by atoms with E-state index in [0.717, 1.165) is 35.4 Å². The molecule has 0 saturated heterocycles. The van der Waals surface area contributed by atoms with Gasteiger partial charge < -0.3 is 14.7 Å². The molecule has 1 aliphatic heterocycles. The number of hydrogen-bond donors (Lipinski definition) is 1. The standard InChI is InChI=1S/C30H30ClNO5/c1-18-8-10-19(11-9-18)17-37-26-13-12-20(16-21(26)31)28-29-22(4-2-6-24(29)33)32(15-14-27(35)36)23-5-3-7-25(34)30(23)28/h8-13,16,28H,2-7,14-15,17H2,1H3,(H,35,36). The molecule has 0 amide bonds. The Labute approximate surface area is 221 Å². The molecule has 192 valence electrons. The maximum absolute atomic E-state index is 13.3. The van der Waals surface area contributed by atoms with E-state index in [1.54, 1.807) is 0 Å². The minimum Gasteiger partial charge on any atom is -0.487 e. The number of carbonyl (C=O) groups is 3. The number of carbonyl (C=O) groups excluding carboxylic acids is 2. The second kappa shape index (κ2) is 10.5. The molecule has 7 heteroatoms. The highest BCUT2D eigenvalue weighted by Gasteiger charge is 2.43. The SMILES string of the molecule is Cc1ccc(COc2ccc(C3C4=C(CCCC4=O)N(CCC(=O)O)C4=C3C(=O)CCC4)cc2Cl)cc1. The summed E-state index contributed by atoms with van der Waals surface area (Å²) in [5.74, 6) is -0.808. The first kappa shape index (κ1) is 25.3. The summed E-state index contributed by atoms with van der Waals surface area (Å²) in [6.07, 6.45) is 3.60. The molecule has 0 bridgehead atoms. The van der Waals surface area contributed by atoms with Crippen LogP contribution in [0.25, 0.3) is 0 Å². The third kappa shape index (κ3) is 5.08. The molecule has 6 nitrogen and oxygen atoms in total. The molecule has 2 aromatic carbocycles. The van der Waals surface area contributed by atoms with Crippen LogP contribution < -0.4 is 4.74 Å². The molecule has 0 saturated carbocycles. The highest BCUT2D eigenvalue weighted by atomic mass is 35.5. The van der Waals surface area contributed by atoms with Crippen molar-refractivity contribution in [1.29, 1.82) is 0 Å². The van der Waals surface area contributed by atoms with E-state index in [4.69, 9.17) is 16.3 Å². The summed E-state index contributed by atoms with van der Waals surface area (Å²) in [6, 6.07) is 13.6. The van der Waals surface area contributed by atoms with Gasteiger partial charge in [-0.15, -0.1) is 0 Å². The number of ether oxygens (including phenoxy) is 1. The quantitative estimate of drug-likeness (QED) is 0.474. The first-order valence-electron chi connectivity index (χ1n) is 12.8. The zero-order valence-corrected chi connectivity index (χ0v) is 21.6. The van der Waals surface area contributed by atoms with Crippen molar-refractivity contribution in [3.05, 3.63) is 86.7 Å². The highest BCUT2D eigenvalue weighted by Crippen LogP contribution is 2.49. The fourth-order valence-electron chi connectivity index (χ4n) is 5.69. The lowest BCUT2D eigenvalue weighted by Gasteiger charge is -2.44. The molecule has 37 heavy (non-hydrogen) atoms. The molecule has 3 aliphatic rings. The molecular weight excluding hydrogens is 490 g/mol. The van der Waals surface area contributed by atoms with E-state index in [9.17, 15) is 19.5 Å². The lowest BCUT2D eigenvalue weighted by molar-refractivity contribution is -0.137. The number of allylic oxidation sites excluding steroid dienone is 4. The fraction of sp³-hybridized carbons (Fsp3) is 0.367. The first-order chi connectivity index (χ1) is 17.8. The summed E-state index contributed by atoms with van der Waals surface area (Å²) in [4.78, 5) is 40.0. The Morgan fingerprint density at radius 1 is 0.973 bits per heavy atom. The normalized spacial score (nSPS) is 18.2. The van der Waals surface area contributed by atoms with Crippen LogP contribution in [0.1, 0.15) is 67.6 Å². The Morgan fingerprint density at radius 3 is 2.16 bits per heavy atom. The molecule has 1 N–H and O–H groups in total. The van der Waals surface area contributed by atoms with Gasteiger partial charge in [0.1, 0.15) is 12.4 Å². The minimum absolute atomic E-state index is 0.0207. The number of benzene rings is 2. The lowest BCUT2D eigenvalue weighted by Crippen LogP contribution is -2.39. The number of nitrogens with zero attached hydrogens (tertiary/aromatic N) is 1. The summed E-state index contributed by atoms with van der Waals surface area (Å²) >= 11 is 6.67. The molecular formula is C30H30ClNO5. The van der Waals surface area contributed by atoms with Crippen molar-refractivity contribution in [2.75, 3.05) is 6.54 Å². The van der Waals surface area contributed by atoms with Gasteiger partial charge in [-0.1, -0.05) is 47.5 Å². The van der Waals surface area contributed by atoms with E-state index < -0.39 is 11.9 Å². The second-order valence-corrected chi connectivity index (χ2v) is 10.4. The van der Waals surface area contributed by atoms with Crippen LogP contribution in [-0.2, 0) is 21.0 Å². The number of hydrogen-bond acceptors (Lipinski definition) is 5. The molecule has 1 heterocycles. The van der Waals surface area contributed by atoms with Crippen LogP contribution in [0.3, 0.4) is 0 Å². The first-order valence-corrected chi connectivity index (χ1v) is 13.2. The number of halogens is 1. The molecule has 0 unspecified atom stereocenters. The van der Waals surface area contributed by atoms with Crippen LogP contribution in [0.15, 0.2) is 65.0 Å². The van der Waals surface area contributed by atoms with Gasteiger partial charge in [-0.2, -0.15) is 0 Å². The summed E-state index contributed by atoms with van der Waals surface area (Å²) in [5.41, 5.74) is 5.97. The van der Waals surface area contributed by atoms with Gasteiger partial charge in [-0.05, 0) is 55.9 Å². The van der Waals surface area contributed by atoms with Gasteiger partial charge in [0, 0.05) is 47.8 Å². The predicted molar refractivity (Wildman–Crippen MR) is 140 cm³/mol. The van der Waals surface area contributed by atoms with Crippen molar-refractivity contribution in [2.24, 2.45) is 0 Å². The van der Waals surface area contributed by atoms with Gasteiger partial charge in [0.25, 0.3) is 0 Å². The van der Waals surface area contributed by atoms with Gasteiger partial charge in [-0.25, -0.2) is 0 Å². The summed E-state index contributed by atoms with van der Waals surface area (Å²) in [6.45, 7) is 2.67. The van der Waals surface area contributed by atoms with Crippen molar-refractivity contribution >= 4 is 29.1 Å². The van der Waals surface area contributed by atoms with Gasteiger partial charge in [-0.3, -0.25) is 14.4 Å². The van der Waals surface area contributed by atoms with Crippen LogP contribution in [0.2, 0.25) is 5.02 Å². The number of Topliss-reactive ketones (excluding diaryl/α,β-unsaturated/α-hetero) is 2. The van der Waals surface area contributed by atoms with Gasteiger partial charge >= 0.3 is 5.97 Å². The lowest BCUT2D eigenvalue weighted by atomic mass is 9.71. The fourth-order valence-corrected chi connectivity index (χ4v) is 5.93. The number of aryl methyl sites for hydroxylation is 1. The summed E-state index contributed by atoms with van der Waals surface area (Å²) in [5, 5.41) is 9.76. The van der Waals surface area contributed by atoms with Gasteiger partial charge in [0.2, 0.25) is 0 Å². The molecule has 0 aromatic heterocycles. The Hall–Kier alpha value is -3.38. The van der Waals surface area contributed by atoms with Gasteiger partial charge in [0.15, 0.2) is 11.6 Å². The van der Waals surface area contributed by atoms with Crippen molar-refractivity contribution < 1.29 is 24.2 Å². The molecule has 2 aliphatic carbocycles. The maximum atomic E-state index is 13.3. The summed E-state index contributed by atoms with van der Waals surface area (Å²) in [7, 11) is 0. The molecule has 0 atom stereocenters. The Kier molecular flexibility index (Phi) is 7.20. The topological polar surface area (TPSA) is 83.9 Å². The number of ketones is 2. The van der Waals surface area contributed by atoms with E-state index in [1.165, 1.54) is 5.56 Å². The second-order valence-electron chi connectivity index (χ2n) is 9.97. The minimum atomic E-state index is -0.899. The largest absolute Gasteiger partial charge is 0.487 e.